The minimum atomic E-state index is -3.66. The Hall–Kier alpha value is -2.75. The third kappa shape index (κ3) is 8.07. The maximum Gasteiger partial charge on any atom is 0.242 e. The number of methoxy groups -OCH3 is 1. The van der Waals surface area contributed by atoms with Gasteiger partial charge in [-0.2, -0.15) is 4.31 Å². The van der Waals surface area contributed by atoms with Gasteiger partial charge in [0.15, 0.2) is 0 Å². The number of benzene rings is 2. The number of rotatable bonds is 12. The van der Waals surface area contributed by atoms with Gasteiger partial charge < -0.3 is 15.0 Å². The Bertz CT molecular complexity index is 968. The predicted octanol–water partition coefficient (Wildman–Crippen LogP) is 1.63. The molecule has 2 rings (SSSR count). The van der Waals surface area contributed by atoms with Gasteiger partial charge in [0, 0.05) is 26.7 Å². The van der Waals surface area contributed by atoms with Crippen LogP contribution in [0.3, 0.4) is 0 Å². The molecule has 0 aromatic heterocycles. The molecule has 0 bridgehead atoms. The van der Waals surface area contributed by atoms with E-state index in [1.54, 1.807) is 19.1 Å². The number of nitrogens with zero attached hydrogens (tertiary/aromatic N) is 2. The molecule has 0 aliphatic rings. The van der Waals surface area contributed by atoms with Crippen molar-refractivity contribution in [2.45, 2.75) is 26.1 Å². The summed E-state index contributed by atoms with van der Waals surface area (Å²) in [5.41, 5.74) is 1.61. The van der Waals surface area contributed by atoms with Crippen molar-refractivity contribution in [1.29, 1.82) is 0 Å². The molecule has 0 aliphatic carbocycles. The van der Waals surface area contributed by atoms with Crippen molar-refractivity contribution in [3.8, 4) is 0 Å². The minimum Gasteiger partial charge on any atom is -0.383 e. The Morgan fingerprint density at radius 1 is 0.969 bits per heavy atom. The summed E-state index contributed by atoms with van der Waals surface area (Å²) >= 11 is 0. The number of carbonyl (C=O) groups is 2. The van der Waals surface area contributed by atoms with Gasteiger partial charge in [-0.3, -0.25) is 9.59 Å². The molecule has 2 amide bonds. The molecule has 9 heteroatoms. The Balaban J connectivity index is 2.23. The third-order valence-electron chi connectivity index (χ3n) is 4.95. The van der Waals surface area contributed by atoms with Gasteiger partial charge in [0.2, 0.25) is 21.8 Å². The molecule has 0 saturated heterocycles. The van der Waals surface area contributed by atoms with E-state index in [-0.39, 0.29) is 25.5 Å². The second kappa shape index (κ2) is 12.3. The minimum absolute atomic E-state index is 0.0685. The number of ether oxygens (including phenoxy) is 1. The van der Waals surface area contributed by atoms with Crippen molar-refractivity contribution in [3.63, 3.8) is 0 Å². The first kappa shape index (κ1) is 25.5. The molecular formula is C23H31N3O5S. The summed E-state index contributed by atoms with van der Waals surface area (Å²) in [7, 11) is -2.12. The van der Waals surface area contributed by atoms with Crippen LogP contribution in [0.5, 0.6) is 0 Å². The highest BCUT2D eigenvalue weighted by molar-refractivity contribution is 7.88. The van der Waals surface area contributed by atoms with E-state index in [9.17, 15) is 18.0 Å². The fraction of sp³-hybridized carbons (Fsp3) is 0.391. The molecule has 0 spiro atoms. The van der Waals surface area contributed by atoms with Crippen LogP contribution in [0.2, 0.25) is 0 Å². The molecule has 1 unspecified atom stereocenters. The lowest BCUT2D eigenvalue weighted by Gasteiger charge is -2.31. The summed E-state index contributed by atoms with van der Waals surface area (Å²) in [4.78, 5) is 27.3. The average molecular weight is 462 g/mol. The standard InChI is InChI=1S/C23H31N3O5S/c1-19(23(28)24-14-15-31-2)26(17-21-12-8-5-9-13-21)22(27)18-25(32(3,29)30)16-20-10-6-4-7-11-20/h4-13,19H,14-18H2,1-3H3,(H,24,28). The van der Waals surface area contributed by atoms with Crippen molar-refractivity contribution in [1.82, 2.24) is 14.5 Å². The van der Waals surface area contributed by atoms with Gasteiger partial charge in [-0.25, -0.2) is 8.42 Å². The number of sulfonamides is 1. The van der Waals surface area contributed by atoms with Crippen LogP contribution in [-0.2, 0) is 37.4 Å². The number of nitrogens with one attached hydrogen (secondary N) is 1. The molecule has 0 aliphatic heterocycles. The monoisotopic (exact) mass is 461 g/mol. The predicted molar refractivity (Wildman–Crippen MR) is 123 cm³/mol. The lowest BCUT2D eigenvalue weighted by Crippen LogP contribution is -2.51. The molecule has 1 N–H and O–H groups in total. The number of hydrogen-bond acceptors (Lipinski definition) is 5. The van der Waals surface area contributed by atoms with Crippen LogP contribution in [0.15, 0.2) is 60.7 Å². The Morgan fingerprint density at radius 3 is 2.00 bits per heavy atom. The zero-order valence-corrected chi connectivity index (χ0v) is 19.5. The van der Waals surface area contributed by atoms with E-state index >= 15 is 0 Å². The van der Waals surface area contributed by atoms with E-state index in [0.717, 1.165) is 21.7 Å². The van der Waals surface area contributed by atoms with Gasteiger partial charge >= 0.3 is 0 Å². The average Bonchev–Trinajstić information content (AvgIpc) is 2.77. The summed E-state index contributed by atoms with van der Waals surface area (Å²) in [6, 6.07) is 17.5. The quantitative estimate of drug-likeness (QED) is 0.485. The van der Waals surface area contributed by atoms with Gasteiger partial charge in [-0.15, -0.1) is 0 Å². The van der Waals surface area contributed by atoms with E-state index in [2.05, 4.69) is 5.32 Å². The van der Waals surface area contributed by atoms with Crippen LogP contribution >= 0.6 is 0 Å². The van der Waals surface area contributed by atoms with E-state index < -0.39 is 22.0 Å². The Labute approximate surface area is 190 Å². The van der Waals surface area contributed by atoms with Gasteiger partial charge in [0.25, 0.3) is 0 Å². The van der Waals surface area contributed by atoms with Crippen molar-refractivity contribution in [2.24, 2.45) is 0 Å². The number of hydrogen-bond donors (Lipinski definition) is 1. The Morgan fingerprint density at radius 2 is 1.50 bits per heavy atom. The first-order valence-corrected chi connectivity index (χ1v) is 12.2. The zero-order valence-electron chi connectivity index (χ0n) is 18.7. The maximum atomic E-state index is 13.3. The lowest BCUT2D eigenvalue weighted by molar-refractivity contribution is -0.140. The van der Waals surface area contributed by atoms with Crippen molar-refractivity contribution >= 4 is 21.8 Å². The van der Waals surface area contributed by atoms with E-state index in [1.165, 1.54) is 12.0 Å². The topological polar surface area (TPSA) is 96.0 Å². The zero-order chi connectivity index (χ0) is 23.6. The van der Waals surface area contributed by atoms with Crippen molar-refractivity contribution < 1.29 is 22.7 Å². The van der Waals surface area contributed by atoms with Crippen LogP contribution < -0.4 is 5.32 Å². The molecule has 174 valence electrons. The molecule has 8 nitrogen and oxygen atoms in total. The molecule has 0 radical (unpaired) electrons. The molecular weight excluding hydrogens is 430 g/mol. The maximum absolute atomic E-state index is 13.3. The molecule has 2 aromatic carbocycles. The lowest BCUT2D eigenvalue weighted by atomic mass is 10.1. The highest BCUT2D eigenvalue weighted by Crippen LogP contribution is 2.13. The molecule has 0 heterocycles. The van der Waals surface area contributed by atoms with Crippen LogP contribution in [0.1, 0.15) is 18.1 Å². The van der Waals surface area contributed by atoms with E-state index in [1.807, 2.05) is 48.5 Å². The highest BCUT2D eigenvalue weighted by Gasteiger charge is 2.29. The summed E-state index contributed by atoms with van der Waals surface area (Å²) < 4.78 is 30.9. The van der Waals surface area contributed by atoms with Crippen molar-refractivity contribution in [2.75, 3.05) is 33.1 Å². The summed E-state index contributed by atoms with van der Waals surface area (Å²) in [6.07, 6.45) is 1.08. The van der Waals surface area contributed by atoms with Crippen LogP contribution in [-0.4, -0.2) is 68.5 Å². The van der Waals surface area contributed by atoms with Crippen molar-refractivity contribution in [3.05, 3.63) is 71.8 Å². The fourth-order valence-corrected chi connectivity index (χ4v) is 3.83. The highest BCUT2D eigenvalue weighted by atomic mass is 32.2. The van der Waals surface area contributed by atoms with Gasteiger partial charge in [0.1, 0.15) is 6.04 Å². The first-order valence-electron chi connectivity index (χ1n) is 10.3. The Kier molecular flexibility index (Phi) is 9.83. The van der Waals surface area contributed by atoms with Gasteiger partial charge in [0.05, 0.1) is 19.4 Å². The smallest absolute Gasteiger partial charge is 0.242 e. The van der Waals surface area contributed by atoms with Gasteiger partial charge in [-0.05, 0) is 18.1 Å². The van der Waals surface area contributed by atoms with Crippen LogP contribution in [0.4, 0.5) is 0 Å². The number of amides is 2. The van der Waals surface area contributed by atoms with Crippen LogP contribution in [0.25, 0.3) is 0 Å². The second-order valence-electron chi connectivity index (χ2n) is 7.48. The normalized spacial score (nSPS) is 12.4. The first-order chi connectivity index (χ1) is 15.2. The summed E-state index contributed by atoms with van der Waals surface area (Å²) in [5.74, 6) is -0.787. The summed E-state index contributed by atoms with van der Waals surface area (Å²) in [5, 5.41) is 2.74. The van der Waals surface area contributed by atoms with E-state index in [4.69, 9.17) is 4.74 Å². The third-order valence-corrected chi connectivity index (χ3v) is 6.15. The van der Waals surface area contributed by atoms with E-state index in [0.29, 0.717) is 13.2 Å². The molecule has 0 saturated carbocycles. The molecule has 32 heavy (non-hydrogen) atoms. The SMILES string of the molecule is COCCNC(=O)C(C)N(Cc1ccccc1)C(=O)CN(Cc1ccccc1)S(C)(=O)=O. The van der Waals surface area contributed by atoms with Crippen LogP contribution in [0, 0.1) is 0 Å². The summed E-state index contributed by atoms with van der Waals surface area (Å²) in [6.45, 7) is 2.18. The fourth-order valence-electron chi connectivity index (χ4n) is 3.11. The molecule has 0 fully saturated rings. The second-order valence-corrected chi connectivity index (χ2v) is 9.47. The number of carbonyl (C=O) groups excluding carboxylic acids is 2. The molecule has 1 atom stereocenters. The molecule has 2 aromatic rings. The van der Waals surface area contributed by atoms with Gasteiger partial charge in [-0.1, -0.05) is 60.7 Å². The largest absolute Gasteiger partial charge is 0.383 e.